The van der Waals surface area contributed by atoms with Crippen molar-refractivity contribution in [2.45, 2.75) is 0 Å². The lowest BCUT2D eigenvalue weighted by molar-refractivity contribution is 0.639. The summed E-state index contributed by atoms with van der Waals surface area (Å²) in [7, 11) is 0. The van der Waals surface area contributed by atoms with Gasteiger partial charge in [0.1, 0.15) is 5.82 Å². The fourth-order valence-corrected chi connectivity index (χ4v) is 1.39. The summed E-state index contributed by atoms with van der Waals surface area (Å²) in [6.45, 7) is 0. The fourth-order valence-electron chi connectivity index (χ4n) is 1.39. The van der Waals surface area contributed by atoms with Crippen LogP contribution >= 0.6 is 0 Å². The highest BCUT2D eigenvalue weighted by Crippen LogP contribution is 2.20. The van der Waals surface area contributed by atoms with Gasteiger partial charge in [0, 0.05) is 5.39 Å². The number of halogens is 1. The number of benzene rings is 2. The smallest absolute Gasteiger partial charge is 0.132 e. The van der Waals surface area contributed by atoms with Gasteiger partial charge in [-0.2, -0.15) is 5.26 Å². The third kappa shape index (κ3) is 1.15. The molecule has 0 aliphatic rings. The van der Waals surface area contributed by atoms with Crippen LogP contribution in [0, 0.1) is 17.1 Å². The Bertz CT molecular complexity index is 492. The van der Waals surface area contributed by atoms with Crippen molar-refractivity contribution in [2.24, 2.45) is 0 Å². The van der Waals surface area contributed by atoms with Crippen LogP contribution in [0.1, 0.15) is 5.56 Å². The molecule has 0 aromatic heterocycles. The lowest BCUT2D eigenvalue weighted by atomic mass is 10.1. The zero-order chi connectivity index (χ0) is 9.26. The molecule has 13 heavy (non-hydrogen) atoms. The quantitative estimate of drug-likeness (QED) is 0.597. The molecule has 0 fully saturated rings. The molecule has 2 aromatic carbocycles. The summed E-state index contributed by atoms with van der Waals surface area (Å²) in [5.74, 6) is -0.338. The van der Waals surface area contributed by atoms with Crippen LogP contribution in [0.25, 0.3) is 10.8 Å². The van der Waals surface area contributed by atoms with E-state index in [-0.39, 0.29) is 5.82 Å². The van der Waals surface area contributed by atoms with Gasteiger partial charge in [0.2, 0.25) is 0 Å². The fraction of sp³-hybridized carbons (Fsp3) is 0. The van der Waals surface area contributed by atoms with Gasteiger partial charge >= 0.3 is 0 Å². The first-order valence-corrected chi connectivity index (χ1v) is 3.90. The molecule has 1 nitrogen and oxygen atoms in total. The molecule has 0 radical (unpaired) electrons. The molecular formula is C11H6FN. The maximum Gasteiger partial charge on any atom is 0.132 e. The first-order chi connectivity index (χ1) is 6.33. The number of nitriles is 1. The van der Waals surface area contributed by atoms with E-state index in [4.69, 9.17) is 5.26 Å². The van der Waals surface area contributed by atoms with E-state index in [0.29, 0.717) is 10.9 Å². The zero-order valence-electron chi connectivity index (χ0n) is 6.79. The van der Waals surface area contributed by atoms with Crippen molar-refractivity contribution in [3.05, 3.63) is 47.8 Å². The van der Waals surface area contributed by atoms with Gasteiger partial charge in [-0.15, -0.1) is 0 Å². The van der Waals surface area contributed by atoms with Crippen molar-refractivity contribution in [1.82, 2.24) is 0 Å². The minimum Gasteiger partial charge on any atom is -0.206 e. The van der Waals surface area contributed by atoms with Gasteiger partial charge in [0.05, 0.1) is 11.6 Å². The van der Waals surface area contributed by atoms with E-state index in [0.717, 1.165) is 5.39 Å². The topological polar surface area (TPSA) is 23.8 Å². The molecule has 0 N–H and O–H groups in total. The molecule has 0 atom stereocenters. The largest absolute Gasteiger partial charge is 0.206 e. The molecule has 0 spiro atoms. The van der Waals surface area contributed by atoms with Crippen molar-refractivity contribution in [3.63, 3.8) is 0 Å². The summed E-state index contributed by atoms with van der Waals surface area (Å²) in [6.07, 6.45) is 0. The predicted molar refractivity (Wildman–Crippen MR) is 48.6 cm³/mol. The number of hydrogen-bond donors (Lipinski definition) is 0. The number of nitrogens with zero attached hydrogens (tertiary/aromatic N) is 1. The zero-order valence-corrected chi connectivity index (χ0v) is 6.79. The molecule has 2 aromatic rings. The Morgan fingerprint density at radius 1 is 1.08 bits per heavy atom. The van der Waals surface area contributed by atoms with E-state index in [1.807, 2.05) is 6.07 Å². The average molecular weight is 171 g/mol. The molecule has 0 unspecified atom stereocenters. The van der Waals surface area contributed by atoms with E-state index in [1.165, 1.54) is 6.07 Å². The van der Waals surface area contributed by atoms with Crippen LogP contribution in [0.5, 0.6) is 0 Å². The number of rotatable bonds is 0. The summed E-state index contributed by atoms with van der Waals surface area (Å²) < 4.78 is 13.3. The Morgan fingerprint density at radius 2 is 1.77 bits per heavy atom. The summed E-state index contributed by atoms with van der Waals surface area (Å²) in [6, 6.07) is 11.9. The highest BCUT2D eigenvalue weighted by molar-refractivity contribution is 5.88. The summed E-state index contributed by atoms with van der Waals surface area (Å²) in [5, 5.41) is 9.92. The molecule has 0 bridgehead atoms. The van der Waals surface area contributed by atoms with Crippen molar-refractivity contribution < 1.29 is 4.39 Å². The predicted octanol–water partition coefficient (Wildman–Crippen LogP) is 2.85. The van der Waals surface area contributed by atoms with Crippen molar-refractivity contribution in [3.8, 4) is 6.07 Å². The maximum absolute atomic E-state index is 13.3. The van der Waals surface area contributed by atoms with Gasteiger partial charge in [-0.25, -0.2) is 4.39 Å². The molecule has 2 rings (SSSR count). The van der Waals surface area contributed by atoms with Crippen LogP contribution in [-0.4, -0.2) is 0 Å². The van der Waals surface area contributed by atoms with E-state index in [1.54, 1.807) is 30.3 Å². The Morgan fingerprint density at radius 3 is 2.46 bits per heavy atom. The summed E-state index contributed by atoms with van der Waals surface area (Å²) in [4.78, 5) is 0. The molecule has 62 valence electrons. The Kier molecular flexibility index (Phi) is 1.71. The molecule has 0 aliphatic heterocycles. The number of hydrogen-bond acceptors (Lipinski definition) is 1. The Balaban J connectivity index is 2.97. The van der Waals surface area contributed by atoms with E-state index in [9.17, 15) is 4.39 Å². The second-order valence-corrected chi connectivity index (χ2v) is 2.76. The monoisotopic (exact) mass is 171 g/mol. The lowest BCUT2D eigenvalue weighted by Gasteiger charge is -1.99. The molecule has 0 amide bonds. The molecule has 0 aliphatic carbocycles. The van der Waals surface area contributed by atoms with Crippen LogP contribution in [0.15, 0.2) is 36.4 Å². The molecular weight excluding hydrogens is 165 g/mol. The van der Waals surface area contributed by atoms with E-state index >= 15 is 0 Å². The van der Waals surface area contributed by atoms with Gasteiger partial charge < -0.3 is 0 Å². The van der Waals surface area contributed by atoms with E-state index < -0.39 is 0 Å². The highest BCUT2D eigenvalue weighted by Gasteiger charge is 2.03. The lowest BCUT2D eigenvalue weighted by Crippen LogP contribution is -1.83. The van der Waals surface area contributed by atoms with Crippen molar-refractivity contribution in [1.29, 1.82) is 5.26 Å². The van der Waals surface area contributed by atoms with E-state index in [2.05, 4.69) is 0 Å². The van der Waals surface area contributed by atoms with Gasteiger partial charge in [0.25, 0.3) is 0 Å². The highest BCUT2D eigenvalue weighted by atomic mass is 19.1. The normalized spacial score (nSPS) is 9.85. The standard InChI is InChI=1S/C11H6FN/c12-10-6-2-4-8-3-1-5-9(7-13)11(8)10/h1-6H. The minimum atomic E-state index is -0.338. The number of fused-ring (bicyclic) bond motifs is 1. The third-order valence-electron chi connectivity index (χ3n) is 1.97. The van der Waals surface area contributed by atoms with Crippen LogP contribution in [0.3, 0.4) is 0 Å². The van der Waals surface area contributed by atoms with Gasteiger partial charge in [-0.3, -0.25) is 0 Å². The van der Waals surface area contributed by atoms with Gasteiger partial charge in [-0.1, -0.05) is 24.3 Å². The van der Waals surface area contributed by atoms with Gasteiger partial charge in [0.15, 0.2) is 0 Å². The second-order valence-electron chi connectivity index (χ2n) is 2.76. The van der Waals surface area contributed by atoms with Gasteiger partial charge in [-0.05, 0) is 17.5 Å². The maximum atomic E-state index is 13.3. The Labute approximate surface area is 75.0 Å². The summed E-state index contributed by atoms with van der Waals surface area (Å²) >= 11 is 0. The minimum absolute atomic E-state index is 0.338. The molecule has 0 saturated carbocycles. The first kappa shape index (κ1) is 7.75. The molecule has 0 heterocycles. The van der Waals surface area contributed by atoms with Crippen LogP contribution in [-0.2, 0) is 0 Å². The van der Waals surface area contributed by atoms with Crippen molar-refractivity contribution in [2.75, 3.05) is 0 Å². The summed E-state index contributed by atoms with van der Waals surface area (Å²) in [5.41, 5.74) is 0.385. The third-order valence-corrected chi connectivity index (χ3v) is 1.97. The average Bonchev–Trinajstić information content (AvgIpc) is 2.17. The van der Waals surface area contributed by atoms with Crippen LogP contribution in [0.4, 0.5) is 4.39 Å². The second kappa shape index (κ2) is 2.87. The Hall–Kier alpha value is -1.88. The first-order valence-electron chi connectivity index (χ1n) is 3.90. The molecule has 0 saturated heterocycles. The van der Waals surface area contributed by atoms with Crippen molar-refractivity contribution >= 4 is 10.8 Å². The van der Waals surface area contributed by atoms with Crippen LogP contribution in [0.2, 0.25) is 0 Å². The molecule has 2 heteroatoms. The van der Waals surface area contributed by atoms with Crippen LogP contribution < -0.4 is 0 Å². The SMILES string of the molecule is N#Cc1cccc2cccc(F)c12.